The van der Waals surface area contributed by atoms with E-state index in [4.69, 9.17) is 16.0 Å². The molecule has 0 amide bonds. The molecular formula is C12H13ClN2O3. The van der Waals surface area contributed by atoms with Crippen LogP contribution in [-0.4, -0.2) is 15.0 Å². The van der Waals surface area contributed by atoms with E-state index < -0.39 is 5.69 Å². The monoisotopic (exact) mass is 268 g/mol. The van der Waals surface area contributed by atoms with E-state index in [2.05, 4.69) is 0 Å². The Bertz CT molecular complexity index is 640. The molecule has 0 unspecified atom stereocenters. The Morgan fingerprint density at radius 1 is 1.39 bits per heavy atom. The van der Waals surface area contributed by atoms with Crippen LogP contribution in [0.25, 0.3) is 5.88 Å². The van der Waals surface area contributed by atoms with Gasteiger partial charge in [-0.05, 0) is 19.4 Å². The highest BCUT2D eigenvalue weighted by atomic mass is 35.5. The lowest BCUT2D eigenvalue weighted by Crippen LogP contribution is -2.40. The first-order valence-electron chi connectivity index (χ1n) is 5.58. The van der Waals surface area contributed by atoms with Gasteiger partial charge in [-0.3, -0.25) is 9.36 Å². The van der Waals surface area contributed by atoms with Crippen molar-refractivity contribution in [2.45, 2.75) is 19.9 Å². The van der Waals surface area contributed by atoms with Gasteiger partial charge in [-0.1, -0.05) is 0 Å². The Morgan fingerprint density at radius 2 is 2.17 bits per heavy atom. The molecule has 0 saturated heterocycles. The summed E-state index contributed by atoms with van der Waals surface area (Å²) < 4.78 is 7.68. The van der Waals surface area contributed by atoms with Crippen LogP contribution in [-0.2, 0) is 6.54 Å². The van der Waals surface area contributed by atoms with Gasteiger partial charge in [0.15, 0.2) is 0 Å². The van der Waals surface area contributed by atoms with Gasteiger partial charge in [0.25, 0.3) is 5.56 Å². The first-order chi connectivity index (χ1) is 8.65. The molecule has 0 N–H and O–H groups in total. The minimum absolute atomic E-state index is 0.284. The lowest BCUT2D eigenvalue weighted by Gasteiger charge is -2.08. The molecular weight excluding hydrogens is 256 g/mol. The van der Waals surface area contributed by atoms with Gasteiger partial charge in [-0.25, -0.2) is 9.36 Å². The van der Waals surface area contributed by atoms with E-state index in [1.54, 1.807) is 19.1 Å². The Labute approximate surface area is 108 Å². The highest BCUT2D eigenvalue weighted by Crippen LogP contribution is 2.04. The van der Waals surface area contributed by atoms with Gasteiger partial charge >= 0.3 is 5.69 Å². The van der Waals surface area contributed by atoms with Crippen LogP contribution >= 0.6 is 11.6 Å². The third-order valence-electron chi connectivity index (χ3n) is 2.60. The van der Waals surface area contributed by atoms with E-state index in [9.17, 15) is 9.59 Å². The molecule has 0 aliphatic carbocycles. The molecule has 2 aromatic heterocycles. The number of rotatable bonds is 4. The van der Waals surface area contributed by atoms with Gasteiger partial charge in [-0.2, -0.15) is 0 Å². The molecule has 0 saturated carbocycles. The maximum atomic E-state index is 12.2. The van der Waals surface area contributed by atoms with E-state index in [0.29, 0.717) is 30.3 Å². The summed E-state index contributed by atoms with van der Waals surface area (Å²) in [6, 6.07) is 3.35. The molecule has 0 aliphatic heterocycles. The molecule has 0 aliphatic rings. The zero-order valence-corrected chi connectivity index (χ0v) is 10.7. The van der Waals surface area contributed by atoms with Crippen molar-refractivity contribution in [3.63, 3.8) is 0 Å². The zero-order valence-electron chi connectivity index (χ0n) is 9.93. The number of aromatic nitrogens is 2. The van der Waals surface area contributed by atoms with Crippen LogP contribution in [0.4, 0.5) is 0 Å². The fourth-order valence-corrected chi connectivity index (χ4v) is 1.83. The molecule has 0 bridgehead atoms. The fraction of sp³-hybridized carbons (Fsp3) is 0.333. The van der Waals surface area contributed by atoms with Gasteiger partial charge in [-0.15, -0.1) is 11.6 Å². The number of alkyl halides is 1. The van der Waals surface area contributed by atoms with Crippen molar-refractivity contribution >= 4 is 11.6 Å². The van der Waals surface area contributed by atoms with E-state index in [1.165, 1.54) is 21.6 Å². The molecule has 6 heteroatoms. The summed E-state index contributed by atoms with van der Waals surface area (Å²) >= 11 is 5.59. The van der Waals surface area contributed by atoms with Gasteiger partial charge in [0.05, 0.1) is 6.26 Å². The molecule has 96 valence electrons. The van der Waals surface area contributed by atoms with Crippen molar-refractivity contribution in [1.29, 1.82) is 0 Å². The van der Waals surface area contributed by atoms with Crippen LogP contribution < -0.4 is 11.2 Å². The summed E-state index contributed by atoms with van der Waals surface area (Å²) in [6.45, 7) is 1.97. The minimum Gasteiger partial charge on any atom is -0.448 e. The first kappa shape index (κ1) is 12.7. The SMILES string of the molecule is Cc1cn(-c2ccco2)c(=O)n(CCCCl)c1=O. The minimum atomic E-state index is -0.411. The number of aryl methyl sites for hydroxylation is 1. The third kappa shape index (κ3) is 2.26. The molecule has 5 nitrogen and oxygen atoms in total. The Balaban J connectivity index is 2.60. The van der Waals surface area contributed by atoms with Gasteiger partial charge < -0.3 is 4.42 Å². The first-order valence-corrected chi connectivity index (χ1v) is 6.11. The van der Waals surface area contributed by atoms with Crippen molar-refractivity contribution in [3.8, 4) is 5.88 Å². The predicted molar refractivity (Wildman–Crippen MR) is 68.6 cm³/mol. The smallest absolute Gasteiger partial charge is 0.337 e. The van der Waals surface area contributed by atoms with E-state index in [0.717, 1.165) is 0 Å². The summed E-state index contributed by atoms with van der Waals surface area (Å²) in [5.41, 5.74) is -0.209. The van der Waals surface area contributed by atoms with Gasteiger partial charge in [0.1, 0.15) is 0 Å². The maximum absolute atomic E-state index is 12.2. The average molecular weight is 269 g/mol. The predicted octanol–water partition coefficient (Wildman–Crippen LogP) is 1.53. The summed E-state index contributed by atoms with van der Waals surface area (Å²) in [5.74, 6) is 0.795. The summed E-state index contributed by atoms with van der Waals surface area (Å²) in [6.07, 6.45) is 3.53. The zero-order chi connectivity index (χ0) is 13.1. The second-order valence-corrected chi connectivity index (χ2v) is 4.29. The van der Waals surface area contributed by atoms with Gasteiger partial charge in [0.2, 0.25) is 5.88 Å². The molecule has 0 radical (unpaired) electrons. The number of hydrogen-bond acceptors (Lipinski definition) is 3. The maximum Gasteiger partial charge on any atom is 0.337 e. The van der Waals surface area contributed by atoms with Crippen molar-refractivity contribution in [2.75, 3.05) is 5.88 Å². The van der Waals surface area contributed by atoms with Gasteiger partial charge in [0, 0.05) is 30.3 Å². The lowest BCUT2D eigenvalue weighted by molar-refractivity contribution is 0.510. The van der Waals surface area contributed by atoms with Crippen LogP contribution in [0, 0.1) is 6.92 Å². The Morgan fingerprint density at radius 3 is 2.78 bits per heavy atom. The topological polar surface area (TPSA) is 57.1 Å². The molecule has 2 heterocycles. The highest BCUT2D eigenvalue weighted by molar-refractivity contribution is 6.17. The quantitative estimate of drug-likeness (QED) is 0.790. The van der Waals surface area contributed by atoms with Crippen LogP contribution in [0.1, 0.15) is 12.0 Å². The van der Waals surface area contributed by atoms with E-state index in [1.807, 2.05) is 0 Å². The summed E-state index contributed by atoms with van der Waals surface area (Å²) in [5, 5.41) is 0. The van der Waals surface area contributed by atoms with Crippen LogP contribution in [0.15, 0.2) is 38.6 Å². The van der Waals surface area contributed by atoms with Crippen molar-refractivity contribution in [3.05, 3.63) is 51.0 Å². The third-order valence-corrected chi connectivity index (χ3v) is 2.87. The molecule has 0 spiro atoms. The van der Waals surface area contributed by atoms with Crippen LogP contribution in [0.5, 0.6) is 0 Å². The second-order valence-electron chi connectivity index (χ2n) is 3.92. The van der Waals surface area contributed by atoms with Crippen LogP contribution in [0.3, 0.4) is 0 Å². The molecule has 18 heavy (non-hydrogen) atoms. The normalized spacial score (nSPS) is 10.8. The van der Waals surface area contributed by atoms with Crippen molar-refractivity contribution in [1.82, 2.24) is 9.13 Å². The molecule has 0 aromatic carbocycles. The van der Waals surface area contributed by atoms with Crippen molar-refractivity contribution in [2.24, 2.45) is 0 Å². The molecule has 2 rings (SSSR count). The fourth-order valence-electron chi connectivity index (χ4n) is 1.71. The molecule has 0 fully saturated rings. The number of hydrogen-bond donors (Lipinski definition) is 0. The summed E-state index contributed by atoms with van der Waals surface area (Å²) in [7, 11) is 0. The summed E-state index contributed by atoms with van der Waals surface area (Å²) in [4.78, 5) is 24.1. The number of halogens is 1. The molecule has 2 aromatic rings. The van der Waals surface area contributed by atoms with E-state index >= 15 is 0 Å². The Hall–Kier alpha value is -1.75. The van der Waals surface area contributed by atoms with Crippen molar-refractivity contribution < 1.29 is 4.42 Å². The second kappa shape index (κ2) is 5.27. The van der Waals surface area contributed by atoms with Crippen LogP contribution in [0.2, 0.25) is 0 Å². The standard InChI is InChI=1S/C12H13ClN2O3/c1-9-8-15(10-4-2-7-18-10)12(17)14(11(9)16)6-3-5-13/h2,4,7-8H,3,5-6H2,1H3. The highest BCUT2D eigenvalue weighted by Gasteiger charge is 2.11. The Kier molecular flexibility index (Phi) is 3.72. The number of furan rings is 1. The van der Waals surface area contributed by atoms with E-state index in [-0.39, 0.29) is 5.56 Å². The number of nitrogens with zero attached hydrogens (tertiary/aromatic N) is 2. The largest absolute Gasteiger partial charge is 0.448 e. The lowest BCUT2D eigenvalue weighted by atomic mass is 10.3. The average Bonchev–Trinajstić information content (AvgIpc) is 2.87. The molecule has 0 atom stereocenters.